The number of aromatic nitrogens is 1. The Morgan fingerprint density at radius 1 is 1.25 bits per heavy atom. The minimum atomic E-state index is -0.765. The number of para-hydroxylation sites is 1. The molecule has 1 fully saturated rings. The zero-order valence-electron chi connectivity index (χ0n) is 13.2. The van der Waals surface area contributed by atoms with Gasteiger partial charge in [-0.15, -0.1) is 12.4 Å². The Morgan fingerprint density at radius 2 is 1.96 bits per heavy atom. The molecule has 6 nitrogen and oxygen atoms in total. The molecule has 0 amide bonds. The van der Waals surface area contributed by atoms with Gasteiger partial charge in [-0.1, -0.05) is 18.2 Å². The van der Waals surface area contributed by atoms with Crippen molar-refractivity contribution in [3.8, 4) is 6.07 Å². The largest absolute Gasteiger partial charge is 0.481 e. The van der Waals surface area contributed by atoms with Crippen LogP contribution in [0.5, 0.6) is 0 Å². The average molecular weight is 347 g/mol. The summed E-state index contributed by atoms with van der Waals surface area (Å²) >= 11 is 0. The molecule has 0 atom stereocenters. The van der Waals surface area contributed by atoms with Crippen LogP contribution >= 0.6 is 12.4 Å². The van der Waals surface area contributed by atoms with Gasteiger partial charge in [-0.25, -0.2) is 0 Å². The molecular formula is C17H19ClN4O2. The SMILES string of the molecule is Cl.N#Cc1cnc2ccccc2c1N1CCN(CCC(=O)O)CC1. The summed E-state index contributed by atoms with van der Waals surface area (Å²) in [5.41, 5.74) is 2.41. The number of aliphatic carboxylic acids is 1. The molecule has 7 heteroatoms. The van der Waals surface area contributed by atoms with Crippen molar-refractivity contribution >= 4 is 35.0 Å². The number of hydrogen-bond acceptors (Lipinski definition) is 5. The number of nitrogens with zero attached hydrogens (tertiary/aromatic N) is 4. The van der Waals surface area contributed by atoms with Gasteiger partial charge in [-0.2, -0.15) is 5.26 Å². The second kappa shape index (κ2) is 7.95. The number of carboxylic acid groups (broad SMARTS) is 1. The van der Waals surface area contributed by atoms with Crippen molar-refractivity contribution in [3.63, 3.8) is 0 Å². The maximum atomic E-state index is 10.7. The molecule has 1 aromatic carbocycles. The van der Waals surface area contributed by atoms with Crippen molar-refractivity contribution in [2.45, 2.75) is 6.42 Å². The quantitative estimate of drug-likeness (QED) is 0.913. The average Bonchev–Trinajstić information content (AvgIpc) is 2.59. The molecule has 3 rings (SSSR count). The van der Waals surface area contributed by atoms with E-state index in [4.69, 9.17) is 5.11 Å². The standard InChI is InChI=1S/C17H18N4O2.ClH/c18-11-13-12-19-15-4-2-1-3-14(15)17(13)21-9-7-20(8-10-21)6-5-16(22)23;/h1-4,12H,5-10H2,(H,22,23);1H. The van der Waals surface area contributed by atoms with Crippen molar-refractivity contribution in [2.75, 3.05) is 37.6 Å². The monoisotopic (exact) mass is 346 g/mol. The lowest BCUT2D eigenvalue weighted by Crippen LogP contribution is -2.47. The van der Waals surface area contributed by atoms with E-state index in [9.17, 15) is 10.1 Å². The van der Waals surface area contributed by atoms with Crippen LogP contribution in [0.25, 0.3) is 10.9 Å². The number of pyridine rings is 1. The van der Waals surface area contributed by atoms with E-state index in [1.165, 1.54) is 0 Å². The Hall–Kier alpha value is -2.36. The Labute approximate surface area is 146 Å². The first kappa shape index (κ1) is 18.0. The lowest BCUT2D eigenvalue weighted by atomic mass is 10.1. The molecule has 1 aliphatic rings. The Kier molecular flexibility index (Phi) is 5.96. The maximum absolute atomic E-state index is 10.7. The van der Waals surface area contributed by atoms with E-state index in [0.29, 0.717) is 12.1 Å². The summed E-state index contributed by atoms with van der Waals surface area (Å²) in [6, 6.07) is 10.1. The highest BCUT2D eigenvalue weighted by Crippen LogP contribution is 2.29. The topological polar surface area (TPSA) is 80.5 Å². The molecule has 0 bridgehead atoms. The van der Waals surface area contributed by atoms with Crippen LogP contribution < -0.4 is 4.90 Å². The number of nitriles is 1. The Balaban J connectivity index is 0.00000208. The van der Waals surface area contributed by atoms with Crippen molar-refractivity contribution in [1.29, 1.82) is 5.26 Å². The molecule has 0 aliphatic carbocycles. The van der Waals surface area contributed by atoms with E-state index >= 15 is 0 Å². The third-order valence-corrected chi connectivity index (χ3v) is 4.20. The van der Waals surface area contributed by atoms with Gasteiger partial charge in [0.25, 0.3) is 0 Å². The van der Waals surface area contributed by atoms with Crippen LogP contribution in [0.1, 0.15) is 12.0 Å². The molecule has 1 saturated heterocycles. The number of halogens is 1. The van der Waals surface area contributed by atoms with Gasteiger partial charge in [0.15, 0.2) is 0 Å². The van der Waals surface area contributed by atoms with Gasteiger partial charge in [0.1, 0.15) is 6.07 Å². The normalized spacial score (nSPS) is 14.9. The summed E-state index contributed by atoms with van der Waals surface area (Å²) in [4.78, 5) is 19.4. The van der Waals surface area contributed by atoms with Crippen LogP contribution in [0.2, 0.25) is 0 Å². The van der Waals surface area contributed by atoms with E-state index in [-0.39, 0.29) is 18.8 Å². The molecule has 0 radical (unpaired) electrons. The van der Waals surface area contributed by atoms with Gasteiger partial charge in [-0.3, -0.25) is 14.7 Å². The summed E-state index contributed by atoms with van der Waals surface area (Å²) in [5, 5.41) is 19.2. The Morgan fingerprint density at radius 3 is 2.62 bits per heavy atom. The number of carboxylic acids is 1. The van der Waals surface area contributed by atoms with Crippen LogP contribution in [0.15, 0.2) is 30.5 Å². The number of anilines is 1. The number of fused-ring (bicyclic) bond motifs is 1. The third kappa shape index (κ3) is 3.75. The van der Waals surface area contributed by atoms with Gasteiger partial charge in [0, 0.05) is 44.3 Å². The number of benzene rings is 1. The molecule has 1 N–H and O–H groups in total. The summed E-state index contributed by atoms with van der Waals surface area (Å²) in [6.45, 7) is 3.74. The molecule has 24 heavy (non-hydrogen) atoms. The molecule has 126 valence electrons. The molecule has 1 aromatic heterocycles. The van der Waals surface area contributed by atoms with Crippen LogP contribution in [0, 0.1) is 11.3 Å². The van der Waals surface area contributed by atoms with E-state index in [1.807, 2.05) is 24.3 Å². The predicted molar refractivity (Wildman–Crippen MR) is 94.6 cm³/mol. The summed E-state index contributed by atoms with van der Waals surface area (Å²) in [7, 11) is 0. The minimum Gasteiger partial charge on any atom is -0.481 e. The van der Waals surface area contributed by atoms with Gasteiger partial charge >= 0.3 is 5.97 Å². The van der Waals surface area contributed by atoms with Crippen LogP contribution in [0.3, 0.4) is 0 Å². The Bertz CT molecular complexity index is 767. The second-order valence-electron chi connectivity index (χ2n) is 5.62. The maximum Gasteiger partial charge on any atom is 0.304 e. The molecule has 0 spiro atoms. The number of hydrogen-bond donors (Lipinski definition) is 1. The van der Waals surface area contributed by atoms with Crippen LogP contribution in [0.4, 0.5) is 5.69 Å². The summed E-state index contributed by atoms with van der Waals surface area (Å²) < 4.78 is 0. The molecule has 2 heterocycles. The smallest absolute Gasteiger partial charge is 0.304 e. The summed E-state index contributed by atoms with van der Waals surface area (Å²) in [6.07, 6.45) is 1.80. The van der Waals surface area contributed by atoms with Gasteiger partial charge in [0.2, 0.25) is 0 Å². The first-order valence-electron chi connectivity index (χ1n) is 7.66. The molecular weight excluding hydrogens is 328 g/mol. The van der Waals surface area contributed by atoms with Crippen molar-refractivity contribution in [3.05, 3.63) is 36.0 Å². The molecule has 2 aromatic rings. The molecule has 0 unspecified atom stereocenters. The van der Waals surface area contributed by atoms with Crippen LogP contribution in [-0.2, 0) is 4.79 Å². The first-order valence-corrected chi connectivity index (χ1v) is 7.66. The van der Waals surface area contributed by atoms with Crippen LogP contribution in [-0.4, -0.2) is 53.7 Å². The van der Waals surface area contributed by atoms with Crippen molar-refractivity contribution < 1.29 is 9.90 Å². The van der Waals surface area contributed by atoms with E-state index in [2.05, 4.69) is 20.9 Å². The lowest BCUT2D eigenvalue weighted by molar-refractivity contribution is -0.137. The van der Waals surface area contributed by atoms with Gasteiger partial charge in [0.05, 0.1) is 23.2 Å². The lowest BCUT2D eigenvalue weighted by Gasteiger charge is -2.36. The number of carbonyl (C=O) groups is 1. The predicted octanol–water partition coefficient (Wildman–Crippen LogP) is 2.12. The number of piperazine rings is 1. The fourth-order valence-electron chi connectivity index (χ4n) is 3.00. The highest BCUT2D eigenvalue weighted by atomic mass is 35.5. The van der Waals surface area contributed by atoms with E-state index < -0.39 is 5.97 Å². The van der Waals surface area contributed by atoms with Crippen molar-refractivity contribution in [1.82, 2.24) is 9.88 Å². The minimum absolute atomic E-state index is 0. The summed E-state index contributed by atoms with van der Waals surface area (Å²) in [5.74, 6) is -0.765. The third-order valence-electron chi connectivity index (χ3n) is 4.20. The zero-order valence-corrected chi connectivity index (χ0v) is 14.0. The fraction of sp³-hybridized carbons (Fsp3) is 0.353. The van der Waals surface area contributed by atoms with E-state index in [1.54, 1.807) is 6.20 Å². The molecule has 1 aliphatic heterocycles. The second-order valence-corrected chi connectivity index (χ2v) is 5.62. The fourth-order valence-corrected chi connectivity index (χ4v) is 3.00. The van der Waals surface area contributed by atoms with E-state index in [0.717, 1.165) is 42.8 Å². The van der Waals surface area contributed by atoms with Crippen molar-refractivity contribution in [2.24, 2.45) is 0 Å². The highest BCUT2D eigenvalue weighted by molar-refractivity contribution is 5.94. The van der Waals surface area contributed by atoms with Gasteiger partial charge in [-0.05, 0) is 6.07 Å². The van der Waals surface area contributed by atoms with Gasteiger partial charge < -0.3 is 10.0 Å². The first-order chi connectivity index (χ1) is 11.2. The zero-order chi connectivity index (χ0) is 16.2. The molecule has 0 saturated carbocycles. The number of rotatable bonds is 4. The highest BCUT2D eigenvalue weighted by Gasteiger charge is 2.21.